The van der Waals surface area contributed by atoms with Gasteiger partial charge in [0.2, 0.25) is 11.8 Å². The number of hydrogen-bond acceptors (Lipinski definition) is 2. The third-order valence-corrected chi connectivity index (χ3v) is 4.74. The van der Waals surface area contributed by atoms with Crippen LogP contribution in [0.15, 0.2) is 30.3 Å². The van der Waals surface area contributed by atoms with Gasteiger partial charge in [0.05, 0.1) is 5.92 Å². The van der Waals surface area contributed by atoms with Gasteiger partial charge >= 0.3 is 0 Å². The van der Waals surface area contributed by atoms with Crippen molar-refractivity contribution in [3.8, 4) is 0 Å². The van der Waals surface area contributed by atoms with Gasteiger partial charge in [-0.2, -0.15) is 0 Å². The SMILES string of the molecule is CCC[C@@H](C(=O)NC1CCN(C(=O)C(C)C)CC1)c1ccccc1. The first-order valence-electron chi connectivity index (χ1n) is 9.17. The molecule has 1 N–H and O–H groups in total. The summed E-state index contributed by atoms with van der Waals surface area (Å²) in [6.45, 7) is 7.47. The van der Waals surface area contributed by atoms with Crippen LogP contribution in [0.3, 0.4) is 0 Å². The second-order valence-electron chi connectivity index (χ2n) is 7.01. The van der Waals surface area contributed by atoms with Crippen LogP contribution in [-0.2, 0) is 9.59 Å². The van der Waals surface area contributed by atoms with Crippen LogP contribution in [0, 0.1) is 5.92 Å². The highest BCUT2D eigenvalue weighted by Gasteiger charge is 2.27. The Morgan fingerprint density at radius 2 is 1.79 bits per heavy atom. The minimum atomic E-state index is -0.0773. The second kappa shape index (κ2) is 8.86. The monoisotopic (exact) mass is 330 g/mol. The molecule has 1 aromatic carbocycles. The molecule has 1 aliphatic rings. The Morgan fingerprint density at radius 1 is 1.17 bits per heavy atom. The number of carbonyl (C=O) groups excluding carboxylic acids is 2. The predicted octanol–water partition coefficient (Wildman–Crippen LogP) is 3.33. The van der Waals surface area contributed by atoms with E-state index in [4.69, 9.17) is 0 Å². The van der Waals surface area contributed by atoms with Crippen molar-refractivity contribution in [2.75, 3.05) is 13.1 Å². The normalized spacial score (nSPS) is 16.9. The lowest BCUT2D eigenvalue weighted by molar-refractivity contribution is -0.135. The first-order chi connectivity index (χ1) is 11.5. The van der Waals surface area contributed by atoms with E-state index in [1.165, 1.54) is 0 Å². The molecule has 1 aromatic rings. The zero-order valence-electron chi connectivity index (χ0n) is 15.1. The first kappa shape index (κ1) is 18.5. The highest BCUT2D eigenvalue weighted by Crippen LogP contribution is 2.22. The van der Waals surface area contributed by atoms with Crippen LogP contribution in [0.2, 0.25) is 0 Å². The topological polar surface area (TPSA) is 49.4 Å². The van der Waals surface area contributed by atoms with Gasteiger partial charge in [-0.15, -0.1) is 0 Å². The molecule has 1 heterocycles. The first-order valence-corrected chi connectivity index (χ1v) is 9.17. The number of nitrogens with zero attached hydrogens (tertiary/aromatic N) is 1. The van der Waals surface area contributed by atoms with Gasteiger partial charge in [0.25, 0.3) is 0 Å². The number of likely N-dealkylation sites (tertiary alicyclic amines) is 1. The van der Waals surface area contributed by atoms with Gasteiger partial charge in [-0.3, -0.25) is 9.59 Å². The Labute approximate surface area is 145 Å². The molecule has 0 saturated carbocycles. The van der Waals surface area contributed by atoms with E-state index < -0.39 is 0 Å². The Morgan fingerprint density at radius 3 is 2.33 bits per heavy atom. The van der Waals surface area contributed by atoms with Crippen molar-refractivity contribution in [1.82, 2.24) is 10.2 Å². The van der Waals surface area contributed by atoms with Crippen molar-refractivity contribution >= 4 is 11.8 Å². The van der Waals surface area contributed by atoms with Crippen molar-refractivity contribution < 1.29 is 9.59 Å². The van der Waals surface area contributed by atoms with Crippen LogP contribution < -0.4 is 5.32 Å². The van der Waals surface area contributed by atoms with Crippen molar-refractivity contribution in [1.29, 1.82) is 0 Å². The fourth-order valence-corrected chi connectivity index (χ4v) is 3.33. The fraction of sp³-hybridized carbons (Fsp3) is 0.600. The molecule has 4 nitrogen and oxygen atoms in total. The molecule has 0 spiro atoms. The van der Waals surface area contributed by atoms with E-state index in [2.05, 4.69) is 12.2 Å². The molecule has 24 heavy (non-hydrogen) atoms. The summed E-state index contributed by atoms with van der Waals surface area (Å²) >= 11 is 0. The fourth-order valence-electron chi connectivity index (χ4n) is 3.33. The van der Waals surface area contributed by atoms with Crippen LogP contribution in [-0.4, -0.2) is 35.8 Å². The Bertz CT molecular complexity index is 534. The zero-order valence-corrected chi connectivity index (χ0v) is 15.1. The smallest absolute Gasteiger partial charge is 0.227 e. The standard InChI is InChI=1S/C20H30N2O2/c1-4-8-18(16-9-6-5-7-10-16)19(23)21-17-11-13-22(14-12-17)20(24)15(2)3/h5-7,9-10,15,17-18H,4,8,11-14H2,1-3H3,(H,21,23)/t18-/m1/s1. The number of nitrogens with one attached hydrogen (secondary N) is 1. The maximum Gasteiger partial charge on any atom is 0.227 e. The van der Waals surface area contributed by atoms with Crippen molar-refractivity contribution in [2.45, 2.75) is 58.4 Å². The lowest BCUT2D eigenvalue weighted by atomic mass is 9.92. The summed E-state index contributed by atoms with van der Waals surface area (Å²) in [6, 6.07) is 10.2. The number of hydrogen-bond donors (Lipinski definition) is 1. The van der Waals surface area contributed by atoms with Crippen LogP contribution in [0.4, 0.5) is 0 Å². The average Bonchev–Trinajstić information content (AvgIpc) is 2.60. The summed E-state index contributed by atoms with van der Waals surface area (Å²) in [4.78, 5) is 26.7. The van der Waals surface area contributed by atoms with E-state index in [0.717, 1.165) is 44.3 Å². The van der Waals surface area contributed by atoms with E-state index in [0.29, 0.717) is 0 Å². The summed E-state index contributed by atoms with van der Waals surface area (Å²) in [5.41, 5.74) is 1.09. The number of rotatable bonds is 6. The molecule has 0 aliphatic carbocycles. The van der Waals surface area contributed by atoms with Gasteiger partial charge in [-0.25, -0.2) is 0 Å². The molecule has 1 saturated heterocycles. The molecule has 0 bridgehead atoms. The third-order valence-electron chi connectivity index (χ3n) is 4.74. The maximum atomic E-state index is 12.7. The lowest BCUT2D eigenvalue weighted by Gasteiger charge is -2.34. The third kappa shape index (κ3) is 4.83. The molecular formula is C20H30N2O2. The molecule has 1 aliphatic heterocycles. The van der Waals surface area contributed by atoms with Gasteiger partial charge in [-0.05, 0) is 24.8 Å². The number of carbonyl (C=O) groups is 2. The van der Waals surface area contributed by atoms with E-state index >= 15 is 0 Å². The summed E-state index contributed by atoms with van der Waals surface area (Å²) < 4.78 is 0. The number of amides is 2. The summed E-state index contributed by atoms with van der Waals surface area (Å²) in [5, 5.41) is 3.21. The Kier molecular flexibility index (Phi) is 6.83. The Balaban J connectivity index is 1.91. The predicted molar refractivity (Wildman–Crippen MR) is 96.7 cm³/mol. The van der Waals surface area contributed by atoms with Crippen molar-refractivity contribution in [3.63, 3.8) is 0 Å². The summed E-state index contributed by atoms with van der Waals surface area (Å²) in [5.74, 6) is 0.305. The van der Waals surface area contributed by atoms with E-state index in [1.807, 2.05) is 49.1 Å². The molecule has 0 radical (unpaired) electrons. The van der Waals surface area contributed by atoms with Crippen molar-refractivity contribution in [3.05, 3.63) is 35.9 Å². The van der Waals surface area contributed by atoms with Gasteiger partial charge in [0.15, 0.2) is 0 Å². The quantitative estimate of drug-likeness (QED) is 0.870. The average molecular weight is 330 g/mol. The minimum Gasteiger partial charge on any atom is -0.353 e. The zero-order chi connectivity index (χ0) is 17.5. The van der Waals surface area contributed by atoms with Crippen LogP contribution in [0.5, 0.6) is 0 Å². The largest absolute Gasteiger partial charge is 0.353 e. The van der Waals surface area contributed by atoms with E-state index in [9.17, 15) is 9.59 Å². The Hall–Kier alpha value is -1.84. The molecule has 0 unspecified atom stereocenters. The molecule has 2 rings (SSSR count). The summed E-state index contributed by atoms with van der Waals surface area (Å²) in [7, 11) is 0. The van der Waals surface area contributed by atoms with Gasteiger partial charge < -0.3 is 10.2 Å². The van der Waals surface area contributed by atoms with Crippen LogP contribution in [0.25, 0.3) is 0 Å². The lowest BCUT2D eigenvalue weighted by Crippen LogP contribution is -2.48. The molecule has 2 amide bonds. The van der Waals surface area contributed by atoms with Gasteiger partial charge in [-0.1, -0.05) is 57.5 Å². The molecule has 4 heteroatoms. The van der Waals surface area contributed by atoms with Crippen molar-refractivity contribution in [2.24, 2.45) is 5.92 Å². The molecule has 0 aromatic heterocycles. The van der Waals surface area contributed by atoms with Crippen LogP contribution in [0.1, 0.15) is 57.9 Å². The minimum absolute atomic E-state index is 0.0446. The molecule has 132 valence electrons. The van der Waals surface area contributed by atoms with E-state index in [1.54, 1.807) is 0 Å². The highest BCUT2D eigenvalue weighted by molar-refractivity contribution is 5.84. The number of benzene rings is 1. The molecular weight excluding hydrogens is 300 g/mol. The highest BCUT2D eigenvalue weighted by atomic mass is 16.2. The summed E-state index contributed by atoms with van der Waals surface area (Å²) in [6.07, 6.45) is 3.53. The van der Waals surface area contributed by atoms with Gasteiger partial charge in [0, 0.05) is 25.0 Å². The van der Waals surface area contributed by atoms with Crippen LogP contribution >= 0.6 is 0 Å². The van der Waals surface area contributed by atoms with Gasteiger partial charge in [0.1, 0.15) is 0 Å². The molecule has 1 atom stereocenters. The number of piperidine rings is 1. The molecule has 1 fully saturated rings. The van der Waals surface area contributed by atoms with E-state index in [-0.39, 0.29) is 29.7 Å². The second-order valence-corrected chi connectivity index (χ2v) is 7.01. The maximum absolute atomic E-state index is 12.7.